The van der Waals surface area contributed by atoms with Gasteiger partial charge in [-0.05, 0) is 31.1 Å². The zero-order valence-electron chi connectivity index (χ0n) is 11.0. The Morgan fingerprint density at radius 1 is 1.07 bits per heavy atom. The van der Waals surface area contributed by atoms with Crippen molar-refractivity contribution in [3.8, 4) is 0 Å². The molecule has 1 N–H and O–H groups in total. The van der Waals surface area contributed by atoms with E-state index in [1.165, 1.54) is 43.7 Å². The number of hydrogen-bond donors (Lipinski definition) is 1. The van der Waals surface area contributed by atoms with Crippen LogP contribution in [0.5, 0.6) is 0 Å². The molecule has 0 bridgehead atoms. The van der Waals surface area contributed by atoms with E-state index in [2.05, 4.69) is 44.8 Å². The summed E-state index contributed by atoms with van der Waals surface area (Å²) in [5.41, 5.74) is 0. The Kier molecular flexibility index (Phi) is 11.0. The Balaban J connectivity index is 3.86. The van der Waals surface area contributed by atoms with Gasteiger partial charge >= 0.3 is 0 Å². The van der Waals surface area contributed by atoms with E-state index < -0.39 is 0 Å². The Labute approximate surface area is 101 Å². The molecule has 2 heteroatoms. The molecule has 92 valence electrons. The van der Waals surface area contributed by atoms with Gasteiger partial charge in [0.05, 0.1) is 0 Å². The minimum Gasteiger partial charge on any atom is -0.313 e. The lowest BCUT2D eigenvalue weighted by Gasteiger charge is -2.22. The van der Waals surface area contributed by atoms with Crippen molar-refractivity contribution in [1.82, 2.24) is 5.32 Å². The van der Waals surface area contributed by atoms with E-state index in [0.717, 1.165) is 12.0 Å². The van der Waals surface area contributed by atoms with Crippen LogP contribution in [-0.4, -0.2) is 24.1 Å². The molecule has 0 aliphatic carbocycles. The highest BCUT2D eigenvalue weighted by Crippen LogP contribution is 2.17. The van der Waals surface area contributed by atoms with Gasteiger partial charge in [-0.2, -0.15) is 11.8 Å². The Morgan fingerprint density at radius 3 is 2.20 bits per heavy atom. The second kappa shape index (κ2) is 10.8. The first kappa shape index (κ1) is 15.3. The Morgan fingerprint density at radius 2 is 1.73 bits per heavy atom. The van der Waals surface area contributed by atoms with Gasteiger partial charge in [0.25, 0.3) is 0 Å². The predicted octanol–water partition coefficient (Wildman–Crippen LogP) is 3.93. The molecule has 0 aliphatic rings. The number of thioether (sulfide) groups is 1. The minimum atomic E-state index is 0.736. The van der Waals surface area contributed by atoms with E-state index in [9.17, 15) is 0 Å². The second-order valence-electron chi connectivity index (χ2n) is 4.23. The second-order valence-corrected chi connectivity index (χ2v) is 5.55. The molecule has 0 fully saturated rings. The summed E-state index contributed by atoms with van der Waals surface area (Å²) in [5, 5.41) is 3.68. The highest BCUT2D eigenvalue weighted by Gasteiger charge is 2.12. The first-order valence-electron chi connectivity index (χ1n) is 6.59. The zero-order chi connectivity index (χ0) is 11.5. The number of hydrogen-bond acceptors (Lipinski definition) is 2. The minimum absolute atomic E-state index is 0.736. The van der Waals surface area contributed by atoms with E-state index >= 15 is 0 Å². The predicted molar refractivity (Wildman–Crippen MR) is 73.8 cm³/mol. The van der Waals surface area contributed by atoms with E-state index in [1.807, 2.05) is 0 Å². The highest BCUT2D eigenvalue weighted by molar-refractivity contribution is 7.99. The summed E-state index contributed by atoms with van der Waals surface area (Å²) in [6, 6.07) is 0.736. The van der Waals surface area contributed by atoms with Crippen molar-refractivity contribution >= 4 is 11.8 Å². The third-order valence-corrected chi connectivity index (χ3v) is 4.03. The summed E-state index contributed by atoms with van der Waals surface area (Å²) in [4.78, 5) is 0. The van der Waals surface area contributed by atoms with Gasteiger partial charge in [0, 0.05) is 11.8 Å². The molecule has 0 heterocycles. The van der Waals surface area contributed by atoms with Gasteiger partial charge in [-0.25, -0.2) is 0 Å². The van der Waals surface area contributed by atoms with Crippen LogP contribution in [0.15, 0.2) is 0 Å². The van der Waals surface area contributed by atoms with Crippen molar-refractivity contribution in [2.75, 3.05) is 18.1 Å². The van der Waals surface area contributed by atoms with Crippen LogP contribution in [0.3, 0.4) is 0 Å². The largest absolute Gasteiger partial charge is 0.313 e. The Bertz CT molecular complexity index is 116. The molecule has 1 atom stereocenters. The van der Waals surface area contributed by atoms with Crippen LogP contribution < -0.4 is 5.32 Å². The summed E-state index contributed by atoms with van der Waals surface area (Å²) in [6.07, 6.45) is 5.27. The third-order valence-electron chi connectivity index (χ3n) is 2.98. The molecule has 0 spiro atoms. The first-order valence-corrected chi connectivity index (χ1v) is 7.74. The molecule has 0 radical (unpaired) electrons. The summed E-state index contributed by atoms with van der Waals surface area (Å²) in [5.74, 6) is 3.44. The van der Waals surface area contributed by atoms with Gasteiger partial charge in [-0.15, -0.1) is 0 Å². The molecule has 0 aromatic carbocycles. The first-order chi connectivity index (χ1) is 7.28. The lowest BCUT2D eigenvalue weighted by Crippen LogP contribution is -2.34. The average molecular weight is 231 g/mol. The van der Waals surface area contributed by atoms with Gasteiger partial charge in [0.2, 0.25) is 0 Å². The Hall–Kier alpha value is 0.310. The maximum atomic E-state index is 3.68. The van der Waals surface area contributed by atoms with Crippen LogP contribution in [0.25, 0.3) is 0 Å². The van der Waals surface area contributed by atoms with Crippen molar-refractivity contribution in [2.45, 2.75) is 59.4 Å². The fourth-order valence-corrected chi connectivity index (χ4v) is 2.62. The van der Waals surface area contributed by atoms with E-state index in [1.54, 1.807) is 0 Å². The van der Waals surface area contributed by atoms with Crippen LogP contribution in [-0.2, 0) is 0 Å². The quantitative estimate of drug-likeness (QED) is 0.611. The van der Waals surface area contributed by atoms with Crippen molar-refractivity contribution in [2.24, 2.45) is 5.92 Å². The number of rotatable bonds is 10. The zero-order valence-corrected chi connectivity index (χ0v) is 11.8. The topological polar surface area (TPSA) is 12.0 Å². The molecular formula is C13H29NS. The van der Waals surface area contributed by atoms with E-state index in [-0.39, 0.29) is 0 Å². The molecule has 0 saturated carbocycles. The lowest BCUT2D eigenvalue weighted by atomic mass is 9.95. The van der Waals surface area contributed by atoms with Crippen molar-refractivity contribution in [3.05, 3.63) is 0 Å². The van der Waals surface area contributed by atoms with Gasteiger partial charge in [0.1, 0.15) is 0 Å². The van der Waals surface area contributed by atoms with Gasteiger partial charge in [-0.3, -0.25) is 0 Å². The smallest absolute Gasteiger partial charge is 0.0160 e. The van der Waals surface area contributed by atoms with E-state index in [0.29, 0.717) is 0 Å². The molecule has 1 unspecified atom stereocenters. The van der Waals surface area contributed by atoms with Crippen LogP contribution in [0.2, 0.25) is 0 Å². The van der Waals surface area contributed by atoms with Crippen molar-refractivity contribution in [1.29, 1.82) is 0 Å². The van der Waals surface area contributed by atoms with Gasteiger partial charge in [0.15, 0.2) is 0 Å². The molecule has 0 aliphatic heterocycles. The van der Waals surface area contributed by atoms with Crippen LogP contribution in [0.4, 0.5) is 0 Å². The maximum absolute atomic E-state index is 3.68. The van der Waals surface area contributed by atoms with Crippen LogP contribution >= 0.6 is 11.8 Å². The molecule has 1 nitrogen and oxygen atoms in total. The molecular weight excluding hydrogens is 202 g/mol. The molecule has 0 rings (SSSR count). The molecule has 15 heavy (non-hydrogen) atoms. The summed E-state index contributed by atoms with van der Waals surface area (Å²) >= 11 is 2.07. The molecule has 0 aromatic rings. The summed E-state index contributed by atoms with van der Waals surface area (Å²) in [6.45, 7) is 10.3. The fraction of sp³-hybridized carbons (Fsp3) is 1.00. The maximum Gasteiger partial charge on any atom is 0.0160 e. The number of nitrogens with one attached hydrogen (secondary N) is 1. The van der Waals surface area contributed by atoms with Crippen molar-refractivity contribution in [3.63, 3.8) is 0 Å². The third kappa shape index (κ3) is 8.15. The summed E-state index contributed by atoms with van der Waals surface area (Å²) in [7, 11) is 0. The van der Waals surface area contributed by atoms with E-state index in [4.69, 9.17) is 0 Å². The average Bonchev–Trinajstić information content (AvgIpc) is 2.28. The summed E-state index contributed by atoms with van der Waals surface area (Å²) < 4.78 is 0. The lowest BCUT2D eigenvalue weighted by molar-refractivity contribution is 0.384. The molecule has 0 saturated heterocycles. The SMILES string of the molecule is CCCNC(CSCC)CC(CC)CC. The molecule has 0 amide bonds. The van der Waals surface area contributed by atoms with Gasteiger partial charge in [-0.1, -0.05) is 40.5 Å². The van der Waals surface area contributed by atoms with Gasteiger partial charge < -0.3 is 5.32 Å². The standard InChI is InChI=1S/C13H29NS/c1-5-9-14-13(11-15-8-4)10-12(6-2)7-3/h12-14H,5-11H2,1-4H3. The normalized spacial score (nSPS) is 13.4. The highest BCUT2D eigenvalue weighted by atomic mass is 32.2. The van der Waals surface area contributed by atoms with Crippen LogP contribution in [0.1, 0.15) is 53.4 Å². The monoisotopic (exact) mass is 231 g/mol. The molecule has 0 aromatic heterocycles. The van der Waals surface area contributed by atoms with Crippen molar-refractivity contribution < 1.29 is 0 Å². The van der Waals surface area contributed by atoms with Crippen LogP contribution in [0, 0.1) is 5.92 Å². The fourth-order valence-electron chi connectivity index (χ4n) is 1.84.